The highest BCUT2D eigenvalue weighted by Crippen LogP contribution is 2.29. The van der Waals surface area contributed by atoms with Crippen LogP contribution in [-0.4, -0.2) is 30.2 Å². The predicted octanol–water partition coefficient (Wildman–Crippen LogP) is 3.56. The second-order valence-corrected chi connectivity index (χ2v) is 7.17. The van der Waals surface area contributed by atoms with Gasteiger partial charge < -0.3 is 20.0 Å². The first-order chi connectivity index (χ1) is 15.0. The molecule has 0 fully saturated rings. The largest absolute Gasteiger partial charge is 0.462 e. The molecule has 0 aliphatic carbocycles. The Morgan fingerprint density at radius 1 is 1.13 bits per heavy atom. The monoisotopic (exact) mass is 413 g/mol. The Labute approximate surface area is 177 Å². The van der Waals surface area contributed by atoms with E-state index in [4.69, 9.17) is 10.2 Å². The number of aromatic nitrogens is 5. The highest BCUT2D eigenvalue weighted by Gasteiger charge is 2.20. The molecule has 9 nitrogen and oxygen atoms in total. The van der Waals surface area contributed by atoms with Gasteiger partial charge in [0, 0.05) is 36.9 Å². The van der Waals surface area contributed by atoms with E-state index < -0.39 is 0 Å². The van der Waals surface area contributed by atoms with Crippen molar-refractivity contribution in [1.29, 1.82) is 0 Å². The van der Waals surface area contributed by atoms with Gasteiger partial charge in [0.25, 0.3) is 5.91 Å². The molecule has 0 aliphatic heterocycles. The lowest BCUT2D eigenvalue weighted by Crippen LogP contribution is -2.17. The molecule has 0 spiro atoms. The van der Waals surface area contributed by atoms with Crippen LogP contribution in [0.1, 0.15) is 16.2 Å². The van der Waals surface area contributed by atoms with Crippen molar-refractivity contribution >= 4 is 28.4 Å². The van der Waals surface area contributed by atoms with Gasteiger partial charge in [-0.15, -0.1) is 0 Å². The van der Waals surface area contributed by atoms with E-state index >= 15 is 0 Å². The number of furan rings is 1. The minimum Gasteiger partial charge on any atom is -0.462 e. The Morgan fingerprint density at radius 3 is 2.68 bits per heavy atom. The van der Waals surface area contributed by atoms with E-state index in [-0.39, 0.29) is 5.91 Å². The number of hydrogen-bond acceptors (Lipinski definition) is 6. The number of rotatable bonds is 4. The van der Waals surface area contributed by atoms with Crippen LogP contribution in [0.25, 0.3) is 28.0 Å². The highest BCUT2D eigenvalue weighted by molar-refractivity contribution is 6.04. The quantitative estimate of drug-likeness (QED) is 0.465. The van der Waals surface area contributed by atoms with E-state index in [0.29, 0.717) is 39.5 Å². The fourth-order valence-electron chi connectivity index (χ4n) is 3.54. The first kappa shape index (κ1) is 18.6. The number of nitrogen functional groups attached to an aromatic ring is 1. The summed E-state index contributed by atoms with van der Waals surface area (Å²) in [7, 11) is 1.93. The van der Waals surface area contributed by atoms with Crippen LogP contribution in [0, 0.1) is 6.92 Å². The summed E-state index contributed by atoms with van der Waals surface area (Å²) in [6.07, 6.45) is 6.72. The summed E-state index contributed by atoms with van der Waals surface area (Å²) >= 11 is 0. The molecule has 1 amide bonds. The Morgan fingerprint density at radius 2 is 1.94 bits per heavy atom. The average Bonchev–Trinajstić information content (AvgIpc) is 3.47. The second-order valence-electron chi connectivity index (χ2n) is 7.17. The van der Waals surface area contributed by atoms with Crippen LogP contribution >= 0.6 is 0 Å². The topological polar surface area (TPSA) is 117 Å². The number of benzene rings is 1. The number of fused-ring (bicyclic) bond motifs is 1. The van der Waals surface area contributed by atoms with Crippen LogP contribution in [0.5, 0.6) is 0 Å². The minimum atomic E-state index is -0.304. The number of carbonyl (C=O) groups is 1. The number of nitrogens with one attached hydrogen (secondary N) is 1. The lowest BCUT2D eigenvalue weighted by molar-refractivity contribution is 0.101. The molecule has 5 rings (SSSR count). The van der Waals surface area contributed by atoms with Crippen molar-refractivity contribution in [2.45, 2.75) is 6.92 Å². The van der Waals surface area contributed by atoms with Crippen LogP contribution in [-0.2, 0) is 7.05 Å². The predicted molar refractivity (Wildman–Crippen MR) is 117 cm³/mol. The minimum absolute atomic E-state index is 0.304. The van der Waals surface area contributed by atoms with Gasteiger partial charge >= 0.3 is 0 Å². The van der Waals surface area contributed by atoms with E-state index in [9.17, 15) is 4.79 Å². The fraction of sp³-hybridized carbons (Fsp3) is 0.0909. The summed E-state index contributed by atoms with van der Waals surface area (Å²) in [6, 6.07) is 10.9. The van der Waals surface area contributed by atoms with E-state index in [1.165, 1.54) is 10.9 Å². The van der Waals surface area contributed by atoms with Crippen molar-refractivity contribution in [3.63, 3.8) is 0 Å². The molecule has 0 radical (unpaired) electrons. The highest BCUT2D eigenvalue weighted by atomic mass is 16.3. The van der Waals surface area contributed by atoms with Crippen molar-refractivity contribution in [3.8, 4) is 17.1 Å². The van der Waals surface area contributed by atoms with Crippen molar-refractivity contribution in [1.82, 2.24) is 24.3 Å². The summed E-state index contributed by atoms with van der Waals surface area (Å²) in [4.78, 5) is 21.5. The molecule has 0 saturated carbocycles. The average molecular weight is 413 g/mol. The third-order valence-electron chi connectivity index (χ3n) is 5.01. The van der Waals surface area contributed by atoms with Gasteiger partial charge in [0.2, 0.25) is 0 Å². The molecular formula is C22H19N7O2. The number of amides is 1. The first-order valence-corrected chi connectivity index (χ1v) is 9.59. The fourth-order valence-corrected chi connectivity index (χ4v) is 3.54. The summed E-state index contributed by atoms with van der Waals surface area (Å²) < 4.78 is 9.04. The van der Waals surface area contributed by atoms with E-state index in [2.05, 4.69) is 20.4 Å². The molecule has 0 saturated heterocycles. The van der Waals surface area contributed by atoms with Crippen LogP contribution in [0.4, 0.5) is 11.5 Å². The molecule has 0 atom stereocenters. The van der Waals surface area contributed by atoms with Crippen LogP contribution in [0.2, 0.25) is 0 Å². The maximum Gasteiger partial charge on any atom is 0.274 e. The molecule has 5 aromatic rings. The summed E-state index contributed by atoms with van der Waals surface area (Å²) in [5.74, 6) is 0.859. The number of anilines is 2. The van der Waals surface area contributed by atoms with Gasteiger partial charge in [-0.1, -0.05) is 0 Å². The molecule has 9 heteroatoms. The molecule has 4 aromatic heterocycles. The number of carbonyl (C=O) groups excluding carboxylic acids is 1. The number of nitrogens with two attached hydrogens (primary N) is 1. The van der Waals surface area contributed by atoms with Crippen molar-refractivity contribution in [2.24, 2.45) is 7.05 Å². The zero-order valence-electron chi connectivity index (χ0n) is 16.9. The Hall–Kier alpha value is -4.40. The lowest BCUT2D eigenvalue weighted by Gasteiger charge is -2.09. The standard InChI is InChI=1S/C22H19N7O2/c1-13-11-16(29(27-13)17-12-31-18-7-8-24-20(23)19(17)18)22(30)26-15-5-3-14(4-6-15)21-25-9-10-28(21)2/h3-12H,1-2H3,(H2,23,24)(H,26,30). The number of pyridine rings is 1. The maximum atomic E-state index is 13.1. The molecule has 4 heterocycles. The smallest absolute Gasteiger partial charge is 0.274 e. The summed E-state index contributed by atoms with van der Waals surface area (Å²) in [5.41, 5.74) is 9.84. The van der Waals surface area contributed by atoms with Gasteiger partial charge in [0.05, 0.1) is 11.1 Å². The normalized spacial score (nSPS) is 11.2. The molecule has 31 heavy (non-hydrogen) atoms. The van der Waals surface area contributed by atoms with Crippen LogP contribution in [0.15, 0.2) is 65.7 Å². The van der Waals surface area contributed by atoms with E-state index in [0.717, 1.165) is 11.4 Å². The van der Waals surface area contributed by atoms with Crippen molar-refractivity contribution in [2.75, 3.05) is 11.1 Å². The van der Waals surface area contributed by atoms with Gasteiger partial charge in [0.15, 0.2) is 0 Å². The second kappa shape index (κ2) is 7.13. The summed E-state index contributed by atoms with van der Waals surface area (Å²) in [5, 5.41) is 8.00. The maximum absolute atomic E-state index is 13.1. The number of nitrogens with zero attached hydrogens (tertiary/aromatic N) is 5. The van der Waals surface area contributed by atoms with E-state index in [1.54, 1.807) is 24.5 Å². The summed E-state index contributed by atoms with van der Waals surface area (Å²) in [6.45, 7) is 1.82. The molecule has 3 N–H and O–H groups in total. The van der Waals surface area contributed by atoms with Gasteiger partial charge in [-0.3, -0.25) is 4.79 Å². The first-order valence-electron chi connectivity index (χ1n) is 9.59. The van der Waals surface area contributed by atoms with Crippen LogP contribution < -0.4 is 11.1 Å². The van der Waals surface area contributed by atoms with Gasteiger partial charge in [-0.05, 0) is 43.3 Å². The third kappa shape index (κ3) is 3.21. The lowest BCUT2D eigenvalue weighted by atomic mass is 10.2. The zero-order valence-corrected chi connectivity index (χ0v) is 16.9. The van der Waals surface area contributed by atoms with Gasteiger partial charge in [-0.25, -0.2) is 14.6 Å². The molecule has 1 aromatic carbocycles. The Bertz CT molecular complexity index is 1410. The number of hydrogen-bond donors (Lipinski definition) is 2. The van der Waals surface area contributed by atoms with Crippen molar-refractivity contribution < 1.29 is 9.21 Å². The van der Waals surface area contributed by atoms with Crippen molar-refractivity contribution in [3.05, 3.63) is 72.6 Å². The molecule has 0 unspecified atom stereocenters. The third-order valence-corrected chi connectivity index (χ3v) is 5.01. The molecule has 0 bridgehead atoms. The Balaban J connectivity index is 1.46. The van der Waals surface area contributed by atoms with Gasteiger partial charge in [-0.2, -0.15) is 5.10 Å². The van der Waals surface area contributed by atoms with Crippen LogP contribution in [0.3, 0.4) is 0 Å². The van der Waals surface area contributed by atoms with Gasteiger partial charge in [0.1, 0.15) is 34.9 Å². The number of aryl methyl sites for hydroxylation is 2. The Kier molecular flexibility index (Phi) is 4.28. The zero-order chi connectivity index (χ0) is 21.5. The number of imidazole rings is 1. The molecular weight excluding hydrogens is 394 g/mol. The molecule has 0 aliphatic rings. The SMILES string of the molecule is Cc1cc(C(=O)Nc2ccc(-c3nccn3C)cc2)n(-c2coc3ccnc(N)c23)n1. The molecule has 154 valence electrons. The van der Waals surface area contributed by atoms with E-state index in [1.807, 2.05) is 49.0 Å².